The summed E-state index contributed by atoms with van der Waals surface area (Å²) in [5.41, 5.74) is -0.542. The van der Waals surface area contributed by atoms with Gasteiger partial charge in [-0.3, -0.25) is 4.79 Å². The van der Waals surface area contributed by atoms with Gasteiger partial charge in [-0.25, -0.2) is 4.79 Å². The molecule has 0 radical (unpaired) electrons. The lowest BCUT2D eigenvalue weighted by molar-refractivity contribution is -0.146. The second-order valence-electron chi connectivity index (χ2n) is 7.94. The monoisotopic (exact) mass is 313 g/mol. The van der Waals surface area contributed by atoms with E-state index in [2.05, 4.69) is 19.2 Å². The number of rotatable bonds is 5. The Morgan fingerprint density at radius 3 is 2.32 bits per heavy atom. The summed E-state index contributed by atoms with van der Waals surface area (Å²) in [5, 5.41) is 2.89. The second-order valence-corrected chi connectivity index (χ2v) is 7.94. The molecule has 1 heterocycles. The van der Waals surface area contributed by atoms with E-state index in [1.165, 1.54) is 0 Å². The van der Waals surface area contributed by atoms with Crippen LogP contribution in [0.5, 0.6) is 0 Å². The van der Waals surface area contributed by atoms with Crippen LogP contribution in [0.1, 0.15) is 61.3 Å². The van der Waals surface area contributed by atoms with Crippen LogP contribution in [-0.4, -0.2) is 29.8 Å². The van der Waals surface area contributed by atoms with Crippen LogP contribution in [-0.2, 0) is 14.3 Å². The zero-order valence-electron chi connectivity index (χ0n) is 14.9. The smallest absolute Gasteiger partial charge is 0.408 e. The highest BCUT2D eigenvalue weighted by Crippen LogP contribution is 2.31. The first-order chi connectivity index (χ1) is 9.99. The Kier molecular flexibility index (Phi) is 6.27. The topological polar surface area (TPSA) is 64.6 Å². The average molecular weight is 313 g/mol. The van der Waals surface area contributed by atoms with Crippen molar-refractivity contribution in [2.45, 2.75) is 79.1 Å². The van der Waals surface area contributed by atoms with Gasteiger partial charge in [0.1, 0.15) is 11.7 Å². The van der Waals surface area contributed by atoms with Crippen molar-refractivity contribution in [3.63, 3.8) is 0 Å². The fraction of sp³-hybridized carbons (Fsp3) is 0.882. The molecule has 22 heavy (non-hydrogen) atoms. The van der Waals surface area contributed by atoms with Crippen LogP contribution in [0, 0.1) is 17.8 Å². The summed E-state index contributed by atoms with van der Waals surface area (Å²) in [4.78, 5) is 24.0. The molecule has 1 rings (SSSR count). The van der Waals surface area contributed by atoms with E-state index in [-0.39, 0.29) is 30.0 Å². The van der Waals surface area contributed by atoms with Crippen molar-refractivity contribution in [2.24, 2.45) is 17.8 Å². The first-order valence-corrected chi connectivity index (χ1v) is 8.19. The van der Waals surface area contributed by atoms with E-state index in [0.717, 1.165) is 6.42 Å². The minimum atomic E-state index is -0.542. The third kappa shape index (κ3) is 5.85. The molecule has 0 bridgehead atoms. The van der Waals surface area contributed by atoms with Crippen molar-refractivity contribution in [1.29, 1.82) is 0 Å². The van der Waals surface area contributed by atoms with E-state index in [1.807, 2.05) is 34.6 Å². The quantitative estimate of drug-likeness (QED) is 0.789. The number of alkyl carbamates (subject to hydrolysis) is 1. The maximum atomic E-state index is 12.0. The molecule has 0 aromatic heterocycles. The highest BCUT2D eigenvalue weighted by molar-refractivity contribution is 5.75. The normalized spacial score (nSPS) is 23.6. The number of carbonyl (C=O) groups is 2. The summed E-state index contributed by atoms with van der Waals surface area (Å²) in [5.74, 6) is 0.398. The number of ether oxygens (including phenoxy) is 2. The highest BCUT2D eigenvalue weighted by atomic mass is 16.6. The molecule has 1 fully saturated rings. The number of nitrogens with one attached hydrogen (secondary N) is 1. The lowest BCUT2D eigenvalue weighted by Crippen LogP contribution is -2.46. The van der Waals surface area contributed by atoms with E-state index < -0.39 is 11.7 Å². The molecule has 0 spiro atoms. The summed E-state index contributed by atoms with van der Waals surface area (Å²) < 4.78 is 10.8. The van der Waals surface area contributed by atoms with Gasteiger partial charge in [0.15, 0.2) is 0 Å². The Labute approximate surface area is 134 Å². The summed E-state index contributed by atoms with van der Waals surface area (Å²) in [6.07, 6.45) is 0.683. The zero-order chi connectivity index (χ0) is 17.1. The van der Waals surface area contributed by atoms with Crippen LogP contribution in [0.25, 0.3) is 0 Å². The molecular formula is C17H31NO4. The molecule has 0 aromatic carbocycles. The maximum Gasteiger partial charge on any atom is 0.408 e. The SMILES string of the molecule is CC(C)C[C@H](NC(=O)OC(C)(C)C)[C@H]1C[C@@H](C(C)C)C(=O)O1. The van der Waals surface area contributed by atoms with E-state index in [9.17, 15) is 9.59 Å². The Hall–Kier alpha value is -1.26. The molecule has 1 N–H and O–H groups in total. The fourth-order valence-electron chi connectivity index (χ4n) is 2.69. The molecule has 0 unspecified atom stereocenters. The zero-order valence-corrected chi connectivity index (χ0v) is 14.9. The molecule has 1 saturated heterocycles. The van der Waals surface area contributed by atoms with Gasteiger partial charge in [-0.1, -0.05) is 27.7 Å². The van der Waals surface area contributed by atoms with Crippen molar-refractivity contribution < 1.29 is 19.1 Å². The van der Waals surface area contributed by atoms with Gasteiger partial charge < -0.3 is 14.8 Å². The van der Waals surface area contributed by atoms with Crippen LogP contribution < -0.4 is 5.32 Å². The Morgan fingerprint density at radius 1 is 1.32 bits per heavy atom. The number of amides is 1. The summed E-state index contributed by atoms with van der Waals surface area (Å²) in [6, 6.07) is -0.206. The molecule has 128 valence electrons. The number of cyclic esters (lactones) is 1. The van der Waals surface area contributed by atoms with Gasteiger partial charge in [0.25, 0.3) is 0 Å². The highest BCUT2D eigenvalue weighted by Gasteiger charge is 2.41. The number of hydrogen-bond acceptors (Lipinski definition) is 4. The molecule has 5 heteroatoms. The molecule has 0 aromatic rings. The van der Waals surface area contributed by atoms with Crippen molar-refractivity contribution in [3.8, 4) is 0 Å². The molecular weight excluding hydrogens is 282 g/mol. The lowest BCUT2D eigenvalue weighted by atomic mass is 9.89. The predicted octanol–water partition coefficient (Wildman–Crippen LogP) is 3.51. The first-order valence-electron chi connectivity index (χ1n) is 8.19. The minimum absolute atomic E-state index is 0.0832. The molecule has 5 nitrogen and oxygen atoms in total. The van der Waals surface area contributed by atoms with Gasteiger partial charge in [-0.2, -0.15) is 0 Å². The number of esters is 1. The van der Waals surface area contributed by atoms with Gasteiger partial charge in [0.05, 0.1) is 12.0 Å². The summed E-state index contributed by atoms with van der Waals surface area (Å²) >= 11 is 0. The van der Waals surface area contributed by atoms with Crippen molar-refractivity contribution in [3.05, 3.63) is 0 Å². The molecule has 1 aliphatic heterocycles. The first kappa shape index (κ1) is 18.8. The van der Waals surface area contributed by atoms with Crippen LogP contribution in [0.15, 0.2) is 0 Å². The predicted molar refractivity (Wildman–Crippen MR) is 85.4 cm³/mol. The van der Waals surface area contributed by atoms with E-state index in [1.54, 1.807) is 0 Å². The second kappa shape index (κ2) is 7.34. The van der Waals surface area contributed by atoms with Gasteiger partial charge in [0.2, 0.25) is 0 Å². The lowest BCUT2D eigenvalue weighted by Gasteiger charge is -2.27. The van der Waals surface area contributed by atoms with Crippen LogP contribution in [0.4, 0.5) is 4.79 Å². The molecule has 3 atom stereocenters. The Balaban J connectivity index is 2.73. The van der Waals surface area contributed by atoms with Gasteiger partial charge in [0, 0.05) is 0 Å². The average Bonchev–Trinajstić information content (AvgIpc) is 2.67. The van der Waals surface area contributed by atoms with E-state index >= 15 is 0 Å². The van der Waals surface area contributed by atoms with E-state index in [0.29, 0.717) is 12.3 Å². The standard InChI is InChI=1S/C17H31NO4/c1-10(2)8-13(18-16(20)22-17(5,6)7)14-9-12(11(3)4)15(19)21-14/h10-14H,8-9H2,1-7H3,(H,18,20)/t12-,13-,14+/m0/s1. The van der Waals surface area contributed by atoms with Crippen LogP contribution >= 0.6 is 0 Å². The molecule has 0 saturated carbocycles. The summed E-state index contributed by atoms with van der Waals surface area (Å²) in [7, 11) is 0. The van der Waals surface area contributed by atoms with Gasteiger partial charge in [-0.15, -0.1) is 0 Å². The third-order valence-electron chi connectivity index (χ3n) is 3.74. The van der Waals surface area contributed by atoms with Gasteiger partial charge >= 0.3 is 12.1 Å². The minimum Gasteiger partial charge on any atom is -0.460 e. The van der Waals surface area contributed by atoms with Crippen molar-refractivity contribution in [2.75, 3.05) is 0 Å². The summed E-state index contributed by atoms with van der Waals surface area (Å²) in [6.45, 7) is 13.7. The Bertz CT molecular complexity index is 398. The largest absolute Gasteiger partial charge is 0.460 e. The number of carbonyl (C=O) groups excluding carboxylic acids is 2. The molecule has 0 aliphatic carbocycles. The third-order valence-corrected chi connectivity index (χ3v) is 3.74. The molecule has 1 aliphatic rings. The molecule has 1 amide bonds. The maximum absolute atomic E-state index is 12.0. The van der Waals surface area contributed by atoms with Crippen molar-refractivity contribution >= 4 is 12.1 Å². The van der Waals surface area contributed by atoms with Crippen LogP contribution in [0.2, 0.25) is 0 Å². The van der Waals surface area contributed by atoms with Crippen molar-refractivity contribution in [1.82, 2.24) is 5.32 Å². The van der Waals surface area contributed by atoms with E-state index in [4.69, 9.17) is 9.47 Å². The Morgan fingerprint density at radius 2 is 1.91 bits per heavy atom. The number of hydrogen-bond donors (Lipinski definition) is 1. The fourth-order valence-corrected chi connectivity index (χ4v) is 2.69. The van der Waals surface area contributed by atoms with Crippen LogP contribution in [0.3, 0.4) is 0 Å². The van der Waals surface area contributed by atoms with Gasteiger partial charge in [-0.05, 0) is 45.4 Å².